The summed E-state index contributed by atoms with van der Waals surface area (Å²) in [5.74, 6) is -0.122. The van der Waals surface area contributed by atoms with Crippen molar-refractivity contribution in [2.75, 3.05) is 5.75 Å². The van der Waals surface area contributed by atoms with Crippen molar-refractivity contribution in [3.05, 3.63) is 0 Å². The van der Waals surface area contributed by atoms with E-state index in [0.717, 1.165) is 44.9 Å². The van der Waals surface area contributed by atoms with Gasteiger partial charge in [0.15, 0.2) is 0 Å². The maximum absolute atomic E-state index is 10.6. The van der Waals surface area contributed by atoms with Crippen LogP contribution in [0.1, 0.15) is 98.2 Å². The van der Waals surface area contributed by atoms with Gasteiger partial charge in [-0.3, -0.25) is 4.55 Å². The van der Waals surface area contributed by atoms with Crippen LogP contribution >= 0.6 is 23.2 Å². The van der Waals surface area contributed by atoms with Crippen LogP contribution in [0.2, 0.25) is 0 Å². The molecule has 0 rings (SSSR count). The van der Waals surface area contributed by atoms with E-state index >= 15 is 0 Å². The van der Waals surface area contributed by atoms with E-state index in [2.05, 4.69) is 6.92 Å². The third-order valence-corrected chi connectivity index (χ3v) is 6.34. The van der Waals surface area contributed by atoms with E-state index in [0.29, 0.717) is 6.42 Å². The van der Waals surface area contributed by atoms with E-state index in [4.69, 9.17) is 27.8 Å². The number of alkyl halides is 2. The third-order valence-electron chi connectivity index (χ3n) is 4.36. The monoisotopic (exact) mass is 426 g/mol. The van der Waals surface area contributed by atoms with Gasteiger partial charge in [0.1, 0.15) is 0 Å². The van der Waals surface area contributed by atoms with Crippen LogP contribution < -0.4 is 29.6 Å². The summed E-state index contributed by atoms with van der Waals surface area (Å²) in [5.41, 5.74) is 0. The molecular weight excluding hydrogens is 390 g/mol. The van der Waals surface area contributed by atoms with Crippen molar-refractivity contribution in [1.29, 1.82) is 0 Å². The Morgan fingerprint density at radius 1 is 0.760 bits per heavy atom. The van der Waals surface area contributed by atoms with Gasteiger partial charge in [-0.1, -0.05) is 77.6 Å². The molecule has 0 bridgehead atoms. The summed E-state index contributed by atoms with van der Waals surface area (Å²) in [6.45, 7) is 2.23. The van der Waals surface area contributed by atoms with E-state index in [9.17, 15) is 8.42 Å². The Morgan fingerprint density at radius 3 is 1.52 bits per heavy atom. The van der Waals surface area contributed by atoms with E-state index in [1.54, 1.807) is 0 Å². The van der Waals surface area contributed by atoms with E-state index in [1.807, 2.05) is 0 Å². The quantitative estimate of drug-likeness (QED) is 0.167. The van der Waals surface area contributed by atoms with Crippen LogP contribution in [0.25, 0.3) is 0 Å². The molecule has 25 heavy (non-hydrogen) atoms. The zero-order valence-electron chi connectivity index (χ0n) is 17.2. The Kier molecular flexibility index (Phi) is 21.6. The van der Waals surface area contributed by atoms with Gasteiger partial charge in [0.2, 0.25) is 0 Å². The predicted octanol–water partition coefficient (Wildman–Crippen LogP) is 3.69. The average molecular weight is 427 g/mol. The Bertz CT molecular complexity index is 387. The topological polar surface area (TPSA) is 54.4 Å². The van der Waals surface area contributed by atoms with Crippen molar-refractivity contribution in [2.45, 2.75) is 108 Å². The first-order chi connectivity index (χ1) is 11.4. The molecule has 0 aromatic rings. The predicted molar refractivity (Wildman–Crippen MR) is 107 cm³/mol. The van der Waals surface area contributed by atoms with Crippen LogP contribution in [0.4, 0.5) is 0 Å². The van der Waals surface area contributed by atoms with E-state index in [-0.39, 0.29) is 47.5 Å². The molecule has 0 fully saturated rings. The van der Waals surface area contributed by atoms with Crippen LogP contribution in [-0.4, -0.2) is 29.5 Å². The number of rotatable bonds is 17. The van der Waals surface area contributed by atoms with Gasteiger partial charge in [0.25, 0.3) is 10.1 Å². The molecule has 0 aliphatic heterocycles. The first-order valence-electron chi connectivity index (χ1n) is 9.60. The zero-order chi connectivity index (χ0) is 18.3. The molecule has 0 spiro atoms. The summed E-state index contributed by atoms with van der Waals surface area (Å²) in [6, 6.07) is 0. The van der Waals surface area contributed by atoms with Gasteiger partial charge in [0, 0.05) is 10.8 Å². The number of hydrogen-bond donors (Lipinski definition) is 1. The summed E-state index contributed by atoms with van der Waals surface area (Å²) in [7, 11) is -3.79. The van der Waals surface area contributed by atoms with E-state index in [1.165, 1.54) is 38.5 Å². The minimum atomic E-state index is -3.79. The molecule has 0 aromatic carbocycles. The Balaban J connectivity index is -0.00000264. The van der Waals surface area contributed by atoms with Crippen molar-refractivity contribution < 1.29 is 44.0 Å². The van der Waals surface area contributed by atoms with Crippen molar-refractivity contribution in [2.24, 2.45) is 0 Å². The molecule has 0 radical (unpaired) electrons. The van der Waals surface area contributed by atoms with Gasteiger partial charge in [-0.2, -0.15) is 8.42 Å². The second-order valence-corrected chi connectivity index (χ2v) is 9.48. The molecule has 3 nitrogen and oxygen atoms in total. The van der Waals surface area contributed by atoms with Gasteiger partial charge in [-0.05, 0) is 19.3 Å². The minimum absolute atomic E-state index is 0. The second kappa shape index (κ2) is 18.8. The van der Waals surface area contributed by atoms with Gasteiger partial charge < -0.3 is 1.43 Å². The molecule has 0 amide bonds. The molecule has 0 aromatic heterocycles. The van der Waals surface area contributed by atoms with Crippen LogP contribution in [-0.2, 0) is 10.1 Å². The summed E-state index contributed by atoms with van der Waals surface area (Å²) < 4.78 is 29.8. The Labute approximate surface area is 189 Å². The third kappa shape index (κ3) is 21.6. The van der Waals surface area contributed by atoms with Crippen molar-refractivity contribution >= 4 is 33.3 Å². The molecule has 7 heteroatoms. The van der Waals surface area contributed by atoms with Gasteiger partial charge in [-0.15, -0.1) is 23.2 Å². The maximum atomic E-state index is 10.6. The van der Waals surface area contributed by atoms with Crippen LogP contribution in [0.15, 0.2) is 0 Å². The Hall–Kier alpha value is 1.49. The Morgan fingerprint density at radius 2 is 1.12 bits per heavy atom. The fourth-order valence-electron chi connectivity index (χ4n) is 2.81. The molecule has 2 unspecified atom stereocenters. The second-order valence-electron chi connectivity index (χ2n) is 6.78. The van der Waals surface area contributed by atoms with Crippen LogP contribution in [0, 0.1) is 0 Å². The molecule has 1 N–H and O–H groups in total. The van der Waals surface area contributed by atoms with Crippen molar-refractivity contribution in [1.82, 2.24) is 0 Å². The summed E-state index contributed by atoms with van der Waals surface area (Å²) in [6.07, 6.45) is 15.3. The van der Waals surface area contributed by atoms with Crippen LogP contribution in [0.3, 0.4) is 0 Å². The standard InChI is InChI=1S/C18H36Cl2O3S.Na.H/c1-2-3-4-5-8-11-14-17(19)18(20)15-12-9-6-7-10-13-16-24(21,22)23;;/h17-18H,2-16H2,1H3,(H,21,22,23);;/q;+1;-1. The molecule has 148 valence electrons. The van der Waals surface area contributed by atoms with Crippen molar-refractivity contribution in [3.8, 4) is 0 Å². The summed E-state index contributed by atoms with van der Waals surface area (Å²) in [4.78, 5) is 0. The fourth-order valence-corrected chi connectivity index (χ4v) is 3.94. The van der Waals surface area contributed by atoms with Gasteiger partial charge in [0.05, 0.1) is 5.75 Å². The number of unbranched alkanes of at least 4 members (excludes halogenated alkanes) is 10. The fraction of sp³-hybridized carbons (Fsp3) is 1.00. The van der Waals surface area contributed by atoms with E-state index < -0.39 is 10.1 Å². The first-order valence-corrected chi connectivity index (χ1v) is 12.1. The molecule has 0 saturated heterocycles. The van der Waals surface area contributed by atoms with Crippen molar-refractivity contribution in [3.63, 3.8) is 0 Å². The van der Waals surface area contributed by atoms with Gasteiger partial charge in [-0.25, -0.2) is 0 Å². The molecule has 0 saturated carbocycles. The SMILES string of the molecule is CCCCCCCCC(Cl)C(Cl)CCCCCCCCS(=O)(=O)O.[H-].[Na+]. The number of halogens is 2. The number of hydrogen-bond acceptors (Lipinski definition) is 2. The average Bonchev–Trinajstić information content (AvgIpc) is 2.51. The summed E-state index contributed by atoms with van der Waals surface area (Å²) in [5, 5.41) is 0.134. The molecule has 0 aliphatic rings. The molecule has 0 aliphatic carbocycles. The molecule has 0 heterocycles. The molecule has 2 atom stereocenters. The van der Waals surface area contributed by atoms with Gasteiger partial charge >= 0.3 is 29.6 Å². The zero-order valence-corrected chi connectivity index (χ0v) is 20.5. The largest absolute Gasteiger partial charge is 1.00 e. The smallest absolute Gasteiger partial charge is 1.00 e. The van der Waals surface area contributed by atoms with Crippen LogP contribution in [0.5, 0.6) is 0 Å². The molecular formula is C18H37Cl2NaO3S. The first kappa shape index (κ1) is 28.7. The minimum Gasteiger partial charge on any atom is -1.00 e. The summed E-state index contributed by atoms with van der Waals surface area (Å²) >= 11 is 12.8. The maximum Gasteiger partial charge on any atom is 1.00 e. The normalized spacial score (nSPS) is 14.1.